The molecule has 6 heteroatoms. The Labute approximate surface area is 187 Å². The van der Waals surface area contributed by atoms with Crippen LogP contribution >= 0.6 is 0 Å². The molecule has 0 aromatic rings. The maximum absolute atomic E-state index is 9.00. The molecule has 0 bridgehead atoms. The second-order valence-corrected chi connectivity index (χ2v) is 8.60. The highest BCUT2D eigenvalue weighted by atomic mass is 16.5. The van der Waals surface area contributed by atoms with E-state index in [1.807, 2.05) is 0 Å². The Bertz CT molecular complexity index is 326. The first-order valence-electron chi connectivity index (χ1n) is 12.5. The molecule has 3 rings (SSSR count). The van der Waals surface area contributed by atoms with Crippen LogP contribution in [0.15, 0.2) is 0 Å². The summed E-state index contributed by atoms with van der Waals surface area (Å²) in [5, 5.41) is 12.3. The van der Waals surface area contributed by atoms with E-state index in [4.69, 9.17) is 14.6 Å². The summed E-state index contributed by atoms with van der Waals surface area (Å²) in [7, 11) is 4.26. The summed E-state index contributed by atoms with van der Waals surface area (Å²) in [5.41, 5.74) is 0. The first-order valence-corrected chi connectivity index (χ1v) is 12.5. The number of hydrogen-bond acceptors (Lipinski definition) is 6. The van der Waals surface area contributed by atoms with Crippen LogP contribution in [-0.2, 0) is 9.47 Å². The van der Waals surface area contributed by atoms with Crippen LogP contribution < -0.4 is 5.32 Å². The monoisotopic (exact) mass is 431 g/mol. The summed E-state index contributed by atoms with van der Waals surface area (Å²) in [6, 6.07) is 0. The third-order valence-corrected chi connectivity index (χ3v) is 5.44. The number of nitrogens with one attached hydrogen (secondary N) is 1. The predicted octanol–water partition coefficient (Wildman–Crippen LogP) is 3.38. The number of hydrogen-bond donors (Lipinski definition) is 2. The summed E-state index contributed by atoms with van der Waals surface area (Å²) in [5.74, 6) is 0. The van der Waals surface area contributed by atoms with Gasteiger partial charge in [-0.1, -0.05) is 20.3 Å². The Morgan fingerprint density at radius 2 is 1.07 bits per heavy atom. The van der Waals surface area contributed by atoms with Crippen molar-refractivity contribution in [1.29, 1.82) is 0 Å². The van der Waals surface area contributed by atoms with Crippen molar-refractivity contribution in [3.63, 3.8) is 0 Å². The SMILES string of the molecule is CCC.CCOC1CCN(C)CC1.CCOC1CCNCC1.CN1CCC(O)CC1. The fraction of sp³-hybridized carbons (Fsp3) is 1.00. The number of likely N-dealkylation sites (tertiary alicyclic amines) is 2. The fourth-order valence-corrected chi connectivity index (χ4v) is 3.58. The van der Waals surface area contributed by atoms with Gasteiger partial charge >= 0.3 is 0 Å². The molecule has 182 valence electrons. The van der Waals surface area contributed by atoms with Crippen molar-refractivity contribution in [2.45, 2.75) is 91.0 Å². The summed E-state index contributed by atoms with van der Waals surface area (Å²) in [4.78, 5) is 4.60. The zero-order chi connectivity index (χ0) is 22.6. The number of ether oxygens (including phenoxy) is 2. The lowest BCUT2D eigenvalue weighted by Gasteiger charge is -2.28. The lowest BCUT2D eigenvalue weighted by molar-refractivity contribution is 0.0197. The van der Waals surface area contributed by atoms with Crippen LogP contribution in [0, 0.1) is 0 Å². The molecule has 0 amide bonds. The number of aliphatic hydroxyl groups excluding tert-OH is 1. The van der Waals surface area contributed by atoms with Gasteiger partial charge in [-0.05, 0) is 79.6 Å². The normalized spacial score (nSPS) is 22.1. The van der Waals surface area contributed by atoms with Gasteiger partial charge in [0.25, 0.3) is 0 Å². The highest BCUT2D eigenvalue weighted by Gasteiger charge is 2.15. The van der Waals surface area contributed by atoms with Gasteiger partial charge in [-0.25, -0.2) is 0 Å². The van der Waals surface area contributed by atoms with Crippen molar-refractivity contribution < 1.29 is 14.6 Å². The number of rotatable bonds is 4. The summed E-state index contributed by atoms with van der Waals surface area (Å²) >= 11 is 0. The van der Waals surface area contributed by atoms with Crippen molar-refractivity contribution in [3.05, 3.63) is 0 Å². The van der Waals surface area contributed by atoms with Crippen LogP contribution in [0.5, 0.6) is 0 Å². The molecule has 0 aromatic heterocycles. The molecule has 0 atom stereocenters. The maximum atomic E-state index is 9.00. The summed E-state index contributed by atoms with van der Waals surface area (Å²) in [6.07, 6.45) is 9.02. The van der Waals surface area contributed by atoms with Crippen LogP contribution in [0.25, 0.3) is 0 Å². The summed E-state index contributed by atoms with van der Waals surface area (Å²) < 4.78 is 10.9. The number of nitrogens with zero attached hydrogens (tertiary/aromatic N) is 2. The first kappa shape index (κ1) is 29.8. The highest BCUT2D eigenvalue weighted by Crippen LogP contribution is 2.11. The van der Waals surface area contributed by atoms with Gasteiger partial charge in [0, 0.05) is 39.4 Å². The zero-order valence-electron chi connectivity index (χ0n) is 21.0. The molecule has 0 aromatic carbocycles. The van der Waals surface area contributed by atoms with E-state index in [9.17, 15) is 0 Å². The van der Waals surface area contributed by atoms with Crippen LogP contribution in [-0.4, -0.2) is 99.8 Å². The Balaban J connectivity index is 0.000000396. The molecule has 6 nitrogen and oxygen atoms in total. The zero-order valence-corrected chi connectivity index (χ0v) is 21.0. The molecule has 30 heavy (non-hydrogen) atoms. The van der Waals surface area contributed by atoms with E-state index in [1.54, 1.807) is 0 Å². The Morgan fingerprint density at radius 1 is 0.700 bits per heavy atom. The molecule has 0 aliphatic carbocycles. The van der Waals surface area contributed by atoms with Gasteiger partial charge in [0.1, 0.15) is 0 Å². The van der Waals surface area contributed by atoms with Crippen molar-refractivity contribution in [2.75, 3.05) is 66.6 Å². The lowest BCUT2D eigenvalue weighted by atomic mass is 10.1. The van der Waals surface area contributed by atoms with Gasteiger partial charge in [0.05, 0.1) is 18.3 Å². The summed E-state index contributed by atoms with van der Waals surface area (Å²) in [6.45, 7) is 16.9. The molecular formula is C24H53N3O3. The van der Waals surface area contributed by atoms with Gasteiger partial charge in [0.15, 0.2) is 0 Å². The molecule has 3 heterocycles. The van der Waals surface area contributed by atoms with Gasteiger partial charge in [-0.3, -0.25) is 0 Å². The second-order valence-electron chi connectivity index (χ2n) is 8.60. The maximum Gasteiger partial charge on any atom is 0.0599 e. The van der Waals surface area contributed by atoms with Crippen LogP contribution in [0.1, 0.15) is 72.6 Å². The standard InChI is InChI=1S/C8H17NO.C7H15NO.C6H13NO.C3H8/c1-3-10-8-4-6-9(2)7-5-8;1-2-9-7-3-5-8-6-4-7;1-7-4-2-6(8)3-5-7;1-3-2/h8H,3-7H2,1-2H3;7-8H,2-6H2,1H3;6,8H,2-5H2,1H3;3H2,1-2H3. The largest absolute Gasteiger partial charge is 0.393 e. The molecular weight excluding hydrogens is 378 g/mol. The van der Waals surface area contributed by atoms with Crippen molar-refractivity contribution in [2.24, 2.45) is 0 Å². The Hall–Kier alpha value is -0.240. The van der Waals surface area contributed by atoms with E-state index in [0.29, 0.717) is 12.2 Å². The van der Waals surface area contributed by atoms with E-state index < -0.39 is 0 Å². The highest BCUT2D eigenvalue weighted by molar-refractivity contribution is 4.69. The van der Waals surface area contributed by atoms with E-state index in [1.165, 1.54) is 45.2 Å². The molecule has 3 aliphatic heterocycles. The first-order chi connectivity index (χ1) is 14.5. The minimum atomic E-state index is -0.0220. The quantitative estimate of drug-likeness (QED) is 0.712. The van der Waals surface area contributed by atoms with Gasteiger partial charge in [-0.15, -0.1) is 0 Å². The Morgan fingerprint density at radius 3 is 1.43 bits per heavy atom. The van der Waals surface area contributed by atoms with Crippen LogP contribution in [0.2, 0.25) is 0 Å². The average Bonchev–Trinajstić information content (AvgIpc) is 2.75. The number of piperidine rings is 3. The van der Waals surface area contributed by atoms with Crippen molar-refractivity contribution >= 4 is 0 Å². The third kappa shape index (κ3) is 17.4. The molecule has 3 aliphatic rings. The molecule has 0 saturated carbocycles. The van der Waals surface area contributed by atoms with Crippen LogP contribution in [0.3, 0.4) is 0 Å². The van der Waals surface area contributed by atoms with E-state index in [-0.39, 0.29) is 6.10 Å². The van der Waals surface area contributed by atoms with Gasteiger partial charge in [0.2, 0.25) is 0 Å². The molecule has 2 N–H and O–H groups in total. The molecule has 3 fully saturated rings. The average molecular weight is 432 g/mol. The Kier molecular flexibility index (Phi) is 20.5. The second kappa shape index (κ2) is 20.7. The molecule has 3 saturated heterocycles. The van der Waals surface area contributed by atoms with E-state index >= 15 is 0 Å². The molecule has 0 unspecified atom stereocenters. The van der Waals surface area contributed by atoms with E-state index in [2.05, 4.69) is 56.9 Å². The fourth-order valence-electron chi connectivity index (χ4n) is 3.58. The molecule has 0 spiro atoms. The van der Waals surface area contributed by atoms with Crippen molar-refractivity contribution in [1.82, 2.24) is 15.1 Å². The third-order valence-electron chi connectivity index (χ3n) is 5.44. The molecule has 0 radical (unpaired) electrons. The smallest absolute Gasteiger partial charge is 0.0599 e. The minimum Gasteiger partial charge on any atom is -0.393 e. The van der Waals surface area contributed by atoms with Gasteiger partial charge < -0.3 is 29.7 Å². The van der Waals surface area contributed by atoms with Crippen molar-refractivity contribution in [3.8, 4) is 0 Å². The van der Waals surface area contributed by atoms with E-state index in [0.717, 1.165) is 52.2 Å². The minimum absolute atomic E-state index is 0.0220. The predicted molar refractivity (Wildman–Crippen MR) is 128 cm³/mol. The number of aliphatic hydroxyl groups is 1. The van der Waals surface area contributed by atoms with Crippen LogP contribution in [0.4, 0.5) is 0 Å². The topological polar surface area (TPSA) is 57.2 Å². The lowest BCUT2D eigenvalue weighted by Crippen LogP contribution is -2.34. The van der Waals surface area contributed by atoms with Gasteiger partial charge in [-0.2, -0.15) is 0 Å².